The van der Waals surface area contributed by atoms with Crippen LogP contribution < -0.4 is 5.73 Å². The summed E-state index contributed by atoms with van der Waals surface area (Å²) in [6.45, 7) is 7.44. The van der Waals surface area contributed by atoms with Crippen LogP contribution >= 0.6 is 15.9 Å². The van der Waals surface area contributed by atoms with E-state index in [0.717, 1.165) is 23.9 Å². The smallest absolute Gasteiger partial charge is 0.192 e. The first-order chi connectivity index (χ1) is 8.96. The van der Waals surface area contributed by atoms with Gasteiger partial charge in [0.2, 0.25) is 0 Å². The lowest BCUT2D eigenvalue weighted by Crippen LogP contribution is -2.54. The summed E-state index contributed by atoms with van der Waals surface area (Å²) >= 11 is 3.47. The molecular weight excluding hydrogens is 302 g/mol. The van der Waals surface area contributed by atoms with Crippen LogP contribution in [0.4, 0.5) is 0 Å². The third-order valence-corrected chi connectivity index (χ3v) is 4.47. The second kappa shape index (κ2) is 5.53. The summed E-state index contributed by atoms with van der Waals surface area (Å²) in [4.78, 5) is 6.75. The van der Waals surface area contributed by atoms with Crippen molar-refractivity contribution in [1.29, 1.82) is 0 Å². The molecule has 3 nitrogen and oxygen atoms in total. The molecule has 0 radical (unpaired) electrons. The van der Waals surface area contributed by atoms with E-state index in [-0.39, 0.29) is 5.54 Å². The first-order valence-corrected chi connectivity index (χ1v) is 7.59. The van der Waals surface area contributed by atoms with Gasteiger partial charge in [0, 0.05) is 10.5 Å². The molecule has 19 heavy (non-hydrogen) atoms. The zero-order valence-electron chi connectivity index (χ0n) is 11.9. The molecule has 1 aliphatic heterocycles. The van der Waals surface area contributed by atoms with Gasteiger partial charge in [-0.2, -0.15) is 0 Å². The number of nitrogens with two attached hydrogens (primary N) is 1. The van der Waals surface area contributed by atoms with Gasteiger partial charge >= 0.3 is 0 Å². The second-order valence-electron chi connectivity index (χ2n) is 5.60. The van der Waals surface area contributed by atoms with Crippen molar-refractivity contribution in [2.75, 3.05) is 6.54 Å². The Morgan fingerprint density at radius 1 is 1.42 bits per heavy atom. The molecule has 2 unspecified atom stereocenters. The largest absolute Gasteiger partial charge is 0.370 e. The Bertz CT molecular complexity index is 469. The predicted octanol–water partition coefficient (Wildman–Crippen LogP) is 3.18. The zero-order chi connectivity index (χ0) is 14.0. The molecule has 2 rings (SSSR count). The van der Waals surface area contributed by atoms with Crippen molar-refractivity contribution in [2.45, 2.75) is 45.2 Å². The van der Waals surface area contributed by atoms with E-state index in [2.05, 4.69) is 70.9 Å². The topological polar surface area (TPSA) is 41.6 Å². The number of rotatable bonds is 4. The Kier molecular flexibility index (Phi) is 4.19. The monoisotopic (exact) mass is 323 g/mol. The van der Waals surface area contributed by atoms with Crippen molar-refractivity contribution < 1.29 is 0 Å². The molecule has 0 saturated heterocycles. The number of guanidine groups is 1. The Balaban J connectivity index is 2.20. The molecule has 1 aliphatic rings. The summed E-state index contributed by atoms with van der Waals surface area (Å²) in [6, 6.07) is 8.93. The van der Waals surface area contributed by atoms with Gasteiger partial charge in [0.05, 0.1) is 12.1 Å². The first kappa shape index (κ1) is 14.4. The van der Waals surface area contributed by atoms with Gasteiger partial charge in [-0.3, -0.25) is 4.99 Å². The summed E-state index contributed by atoms with van der Waals surface area (Å²) in [7, 11) is 0. The number of nitrogens with zero attached hydrogens (tertiary/aromatic N) is 2. The maximum atomic E-state index is 6.08. The molecule has 0 aliphatic carbocycles. The van der Waals surface area contributed by atoms with Crippen LogP contribution in [0, 0.1) is 0 Å². The van der Waals surface area contributed by atoms with E-state index in [4.69, 9.17) is 5.73 Å². The third kappa shape index (κ3) is 2.94. The van der Waals surface area contributed by atoms with Crippen molar-refractivity contribution in [2.24, 2.45) is 10.7 Å². The molecule has 2 N–H and O–H groups in total. The molecule has 104 valence electrons. The van der Waals surface area contributed by atoms with Crippen molar-refractivity contribution in [3.8, 4) is 0 Å². The van der Waals surface area contributed by atoms with Crippen LogP contribution in [0.25, 0.3) is 0 Å². The minimum absolute atomic E-state index is 0.00661. The molecule has 1 aromatic carbocycles. The van der Waals surface area contributed by atoms with Gasteiger partial charge in [0.25, 0.3) is 0 Å². The fraction of sp³-hybridized carbons (Fsp3) is 0.533. The van der Waals surface area contributed by atoms with Gasteiger partial charge in [-0.05, 0) is 44.4 Å². The highest BCUT2D eigenvalue weighted by atomic mass is 79.9. The van der Waals surface area contributed by atoms with Crippen LogP contribution in [0.2, 0.25) is 0 Å². The Labute approximate surface area is 124 Å². The van der Waals surface area contributed by atoms with Crippen molar-refractivity contribution >= 4 is 21.9 Å². The van der Waals surface area contributed by atoms with E-state index < -0.39 is 0 Å². The highest BCUT2D eigenvalue weighted by Crippen LogP contribution is 2.29. The van der Waals surface area contributed by atoms with E-state index in [9.17, 15) is 0 Å². The Morgan fingerprint density at radius 2 is 2.05 bits per heavy atom. The van der Waals surface area contributed by atoms with Crippen LogP contribution in [-0.2, 0) is 6.42 Å². The number of aliphatic imine (C=N–C) groups is 1. The lowest BCUT2D eigenvalue weighted by Gasteiger charge is -2.40. The molecule has 0 bridgehead atoms. The average Bonchev–Trinajstić information content (AvgIpc) is 2.67. The van der Waals surface area contributed by atoms with Crippen molar-refractivity contribution in [3.05, 3.63) is 34.3 Å². The van der Waals surface area contributed by atoms with Crippen LogP contribution in [0.15, 0.2) is 33.7 Å². The summed E-state index contributed by atoms with van der Waals surface area (Å²) < 4.78 is 1.11. The van der Waals surface area contributed by atoms with Gasteiger partial charge in [0.15, 0.2) is 5.96 Å². The quantitative estimate of drug-likeness (QED) is 0.924. The van der Waals surface area contributed by atoms with Crippen LogP contribution in [0.5, 0.6) is 0 Å². The molecule has 4 heteroatoms. The molecule has 0 saturated carbocycles. The second-order valence-corrected chi connectivity index (χ2v) is 6.52. The molecular formula is C15H22BrN3. The number of hydrogen-bond acceptors (Lipinski definition) is 3. The molecule has 0 spiro atoms. The fourth-order valence-corrected chi connectivity index (χ4v) is 3.07. The van der Waals surface area contributed by atoms with Gasteiger partial charge in [-0.1, -0.05) is 35.0 Å². The van der Waals surface area contributed by atoms with Gasteiger partial charge in [0.1, 0.15) is 0 Å². The maximum absolute atomic E-state index is 6.08. The minimum Gasteiger partial charge on any atom is -0.370 e. The van der Waals surface area contributed by atoms with E-state index in [1.165, 1.54) is 5.56 Å². The standard InChI is InChI=1S/C15H22BrN3/c1-4-11(2)19-14(17)18-10-15(19,3)9-12-5-7-13(16)8-6-12/h5-8,11H,4,9-10H2,1-3H3,(H2,17,18). The average molecular weight is 324 g/mol. The summed E-state index contributed by atoms with van der Waals surface area (Å²) in [5.41, 5.74) is 7.39. The van der Waals surface area contributed by atoms with E-state index in [1.54, 1.807) is 0 Å². The molecule has 0 aromatic heterocycles. The highest BCUT2D eigenvalue weighted by Gasteiger charge is 2.40. The van der Waals surface area contributed by atoms with E-state index in [0.29, 0.717) is 12.0 Å². The van der Waals surface area contributed by atoms with Gasteiger partial charge < -0.3 is 10.6 Å². The fourth-order valence-electron chi connectivity index (χ4n) is 2.80. The first-order valence-electron chi connectivity index (χ1n) is 6.80. The normalized spacial score (nSPS) is 24.4. The third-order valence-electron chi connectivity index (χ3n) is 3.94. The van der Waals surface area contributed by atoms with Crippen molar-refractivity contribution in [3.63, 3.8) is 0 Å². The Hall–Kier alpha value is -1.03. The van der Waals surface area contributed by atoms with E-state index >= 15 is 0 Å². The molecule has 0 fully saturated rings. The number of halogens is 1. The van der Waals surface area contributed by atoms with Gasteiger partial charge in [-0.25, -0.2) is 0 Å². The molecule has 0 amide bonds. The predicted molar refractivity (Wildman–Crippen MR) is 84.3 cm³/mol. The van der Waals surface area contributed by atoms with Gasteiger partial charge in [-0.15, -0.1) is 0 Å². The lowest BCUT2D eigenvalue weighted by atomic mass is 9.90. The van der Waals surface area contributed by atoms with Crippen LogP contribution in [-0.4, -0.2) is 29.0 Å². The van der Waals surface area contributed by atoms with Crippen LogP contribution in [0.1, 0.15) is 32.8 Å². The molecule has 1 heterocycles. The molecule has 2 atom stereocenters. The summed E-state index contributed by atoms with van der Waals surface area (Å²) in [5, 5.41) is 0. The minimum atomic E-state index is -0.00661. The SMILES string of the molecule is CCC(C)N1C(N)=NCC1(C)Cc1ccc(Br)cc1. The van der Waals surface area contributed by atoms with Crippen molar-refractivity contribution in [1.82, 2.24) is 4.90 Å². The Morgan fingerprint density at radius 3 is 2.63 bits per heavy atom. The number of benzene rings is 1. The van der Waals surface area contributed by atoms with Crippen LogP contribution in [0.3, 0.4) is 0 Å². The number of hydrogen-bond donors (Lipinski definition) is 1. The van der Waals surface area contributed by atoms with E-state index in [1.807, 2.05) is 0 Å². The highest BCUT2D eigenvalue weighted by molar-refractivity contribution is 9.10. The lowest BCUT2D eigenvalue weighted by molar-refractivity contribution is 0.170. The summed E-state index contributed by atoms with van der Waals surface area (Å²) in [5.74, 6) is 0.689. The summed E-state index contributed by atoms with van der Waals surface area (Å²) in [6.07, 6.45) is 2.04. The maximum Gasteiger partial charge on any atom is 0.192 e. The molecule has 1 aromatic rings. The zero-order valence-corrected chi connectivity index (χ0v) is 13.4.